The van der Waals surface area contributed by atoms with Crippen LogP contribution in [-0.2, 0) is 65.4 Å². The summed E-state index contributed by atoms with van der Waals surface area (Å²) in [5.74, 6) is 0.138. The molecule has 0 heterocycles. The fourth-order valence-corrected chi connectivity index (χ4v) is 12.8. The number of unbranched alkanes of at least 4 members (excludes halogenated alkanes) is 40. The first kappa shape index (κ1) is 91.1. The molecule has 3 N–H and O–H groups in total. The summed E-state index contributed by atoms with van der Waals surface area (Å²) in [6.07, 6.45) is 50.1. The van der Waals surface area contributed by atoms with Crippen LogP contribution < -0.4 is 0 Å². The Hall–Kier alpha value is -1.94. The maximum Gasteiger partial charge on any atom is 0.472 e. The Morgan fingerprint density at radius 3 is 0.731 bits per heavy atom. The summed E-state index contributed by atoms with van der Waals surface area (Å²) in [5, 5.41) is 10.6. The van der Waals surface area contributed by atoms with Crippen LogP contribution in [-0.4, -0.2) is 96.7 Å². The highest BCUT2D eigenvalue weighted by molar-refractivity contribution is 7.47. The molecular weight excluding hydrogens is 1220 g/mol. The summed E-state index contributed by atoms with van der Waals surface area (Å²) in [6, 6.07) is 0. The molecule has 93 heavy (non-hydrogen) atoms. The SMILES string of the molecule is CCCCCCCCCCCCCC(=O)O[C@H](COC(=O)CCCCCCCCC(C)C)COP(=O)(O)OC[C@H](O)COP(=O)(O)OC[C@@H](COC(=O)CCCCCCCCCCCCCC(C)C)OC(=O)CCCCCCCCCCCCCCCCCCC(C)C. The molecule has 2 unspecified atom stereocenters. The van der Waals surface area contributed by atoms with Crippen molar-refractivity contribution >= 4 is 39.5 Å². The number of ether oxygens (including phenoxy) is 4. The summed E-state index contributed by atoms with van der Waals surface area (Å²) in [7, 11) is -9.91. The van der Waals surface area contributed by atoms with E-state index < -0.39 is 97.5 Å². The number of phosphoric ester groups is 2. The van der Waals surface area contributed by atoms with Crippen LogP contribution in [0.1, 0.15) is 376 Å². The third-order valence-corrected chi connectivity index (χ3v) is 19.0. The predicted molar refractivity (Wildman–Crippen MR) is 377 cm³/mol. The summed E-state index contributed by atoms with van der Waals surface area (Å²) in [6.45, 7) is 11.8. The van der Waals surface area contributed by atoms with E-state index in [0.29, 0.717) is 31.6 Å². The number of rotatable bonds is 72. The van der Waals surface area contributed by atoms with Crippen LogP contribution in [0.5, 0.6) is 0 Å². The van der Waals surface area contributed by atoms with E-state index in [-0.39, 0.29) is 25.7 Å². The van der Waals surface area contributed by atoms with Gasteiger partial charge in [-0.05, 0) is 43.4 Å². The highest BCUT2D eigenvalue weighted by Gasteiger charge is 2.30. The maximum atomic E-state index is 13.1. The molecule has 0 aliphatic rings. The quantitative estimate of drug-likeness (QED) is 0.0222. The molecule has 0 aliphatic heterocycles. The highest BCUT2D eigenvalue weighted by atomic mass is 31.2. The van der Waals surface area contributed by atoms with E-state index in [2.05, 4.69) is 48.5 Å². The van der Waals surface area contributed by atoms with E-state index in [1.54, 1.807) is 0 Å². The molecule has 0 aromatic carbocycles. The molecule has 0 aromatic heterocycles. The third-order valence-electron chi connectivity index (χ3n) is 17.1. The zero-order valence-corrected chi connectivity index (χ0v) is 62.5. The topological polar surface area (TPSA) is 237 Å². The van der Waals surface area contributed by atoms with Gasteiger partial charge in [0.15, 0.2) is 12.2 Å². The minimum Gasteiger partial charge on any atom is -0.462 e. The van der Waals surface area contributed by atoms with Gasteiger partial charge in [-0.1, -0.05) is 325 Å². The van der Waals surface area contributed by atoms with Crippen molar-refractivity contribution in [3.8, 4) is 0 Å². The van der Waals surface area contributed by atoms with Crippen LogP contribution in [0.2, 0.25) is 0 Å². The standard InChI is InChI=1S/C74H144O17P2/c1-8-9-10-11-12-13-21-29-34-43-50-57-73(78)91-70(62-85-72(77)56-49-42-37-36-40-47-54-67(6)7)64-89-93(82,83)87-60-68(75)59-86-92(80,81)88-63-69(61-84-71(76)55-48-41-33-28-25-20-23-27-32-39-46-53-66(4)5)90-74(79)58-51-44-35-30-24-19-17-15-14-16-18-22-26-31-38-45-52-65(2)3/h65-70,75H,8-64H2,1-7H3,(H,80,81)(H,82,83)/t68-,69-,70-/m1/s1. The molecule has 0 radical (unpaired) electrons. The van der Waals surface area contributed by atoms with Crippen molar-refractivity contribution in [3.63, 3.8) is 0 Å². The fourth-order valence-electron chi connectivity index (χ4n) is 11.2. The third kappa shape index (κ3) is 68.4. The van der Waals surface area contributed by atoms with Crippen molar-refractivity contribution in [1.82, 2.24) is 0 Å². The predicted octanol–water partition coefficient (Wildman–Crippen LogP) is 21.4. The van der Waals surface area contributed by atoms with E-state index in [1.807, 2.05) is 0 Å². The Labute approximate surface area is 568 Å². The fraction of sp³-hybridized carbons (Fsp3) is 0.946. The Morgan fingerprint density at radius 2 is 0.495 bits per heavy atom. The average Bonchev–Trinajstić information content (AvgIpc) is 3.28. The zero-order chi connectivity index (χ0) is 68.7. The number of aliphatic hydroxyl groups is 1. The summed E-state index contributed by atoms with van der Waals surface area (Å²) >= 11 is 0. The lowest BCUT2D eigenvalue weighted by molar-refractivity contribution is -0.161. The average molecular weight is 1370 g/mol. The summed E-state index contributed by atoms with van der Waals surface area (Å²) in [4.78, 5) is 72.6. The highest BCUT2D eigenvalue weighted by Crippen LogP contribution is 2.45. The number of hydrogen-bond acceptors (Lipinski definition) is 15. The van der Waals surface area contributed by atoms with Crippen molar-refractivity contribution in [3.05, 3.63) is 0 Å². The van der Waals surface area contributed by atoms with Crippen LogP contribution in [0, 0.1) is 17.8 Å². The lowest BCUT2D eigenvalue weighted by atomic mass is 10.0. The van der Waals surface area contributed by atoms with Crippen molar-refractivity contribution in [2.75, 3.05) is 39.6 Å². The Morgan fingerprint density at radius 1 is 0.290 bits per heavy atom. The number of esters is 4. The van der Waals surface area contributed by atoms with Crippen molar-refractivity contribution in [2.45, 2.75) is 394 Å². The van der Waals surface area contributed by atoms with Gasteiger partial charge in [0.1, 0.15) is 19.3 Å². The lowest BCUT2D eigenvalue weighted by Crippen LogP contribution is -2.30. The van der Waals surface area contributed by atoms with Crippen molar-refractivity contribution < 1.29 is 80.2 Å². The lowest BCUT2D eigenvalue weighted by Gasteiger charge is -2.21. The van der Waals surface area contributed by atoms with Gasteiger partial charge in [-0.2, -0.15) is 0 Å². The van der Waals surface area contributed by atoms with Gasteiger partial charge in [0.25, 0.3) is 0 Å². The van der Waals surface area contributed by atoms with Crippen LogP contribution in [0.4, 0.5) is 0 Å². The Balaban J connectivity index is 5.22. The van der Waals surface area contributed by atoms with Crippen molar-refractivity contribution in [1.29, 1.82) is 0 Å². The van der Waals surface area contributed by atoms with E-state index in [4.69, 9.17) is 37.0 Å². The number of phosphoric acid groups is 2. The zero-order valence-electron chi connectivity index (χ0n) is 60.7. The normalized spacial score (nSPS) is 14.1. The molecule has 0 bridgehead atoms. The van der Waals surface area contributed by atoms with Gasteiger partial charge in [-0.25, -0.2) is 9.13 Å². The van der Waals surface area contributed by atoms with Gasteiger partial charge in [0.05, 0.1) is 26.4 Å². The van der Waals surface area contributed by atoms with E-state index >= 15 is 0 Å². The molecule has 0 spiro atoms. The molecule has 0 saturated carbocycles. The van der Waals surface area contributed by atoms with Gasteiger partial charge < -0.3 is 33.8 Å². The van der Waals surface area contributed by atoms with Crippen molar-refractivity contribution in [2.24, 2.45) is 17.8 Å². The second-order valence-corrected chi connectivity index (χ2v) is 31.0. The van der Waals surface area contributed by atoms with Gasteiger partial charge >= 0.3 is 39.5 Å². The van der Waals surface area contributed by atoms with Crippen LogP contribution >= 0.6 is 15.6 Å². The Kier molecular flexibility index (Phi) is 63.4. The second-order valence-electron chi connectivity index (χ2n) is 28.1. The molecule has 0 fully saturated rings. The van der Waals surface area contributed by atoms with E-state index in [0.717, 1.165) is 108 Å². The number of aliphatic hydroxyl groups excluding tert-OH is 1. The van der Waals surface area contributed by atoms with Crippen LogP contribution in [0.25, 0.3) is 0 Å². The molecular formula is C74H144O17P2. The Bertz CT molecular complexity index is 1820. The molecule has 0 saturated heterocycles. The maximum absolute atomic E-state index is 13.1. The number of carbonyl (C=O) groups excluding carboxylic acids is 4. The van der Waals surface area contributed by atoms with Crippen LogP contribution in [0.3, 0.4) is 0 Å². The molecule has 552 valence electrons. The molecule has 0 aliphatic carbocycles. The summed E-state index contributed by atoms with van der Waals surface area (Å²) in [5.41, 5.74) is 0. The minimum absolute atomic E-state index is 0.106. The largest absolute Gasteiger partial charge is 0.472 e. The van der Waals surface area contributed by atoms with Crippen LogP contribution in [0.15, 0.2) is 0 Å². The van der Waals surface area contributed by atoms with E-state index in [1.165, 1.54) is 180 Å². The van der Waals surface area contributed by atoms with Gasteiger partial charge in [-0.3, -0.25) is 37.3 Å². The molecule has 17 nitrogen and oxygen atoms in total. The monoisotopic (exact) mass is 1370 g/mol. The number of carbonyl (C=O) groups is 4. The second kappa shape index (κ2) is 64.7. The molecule has 19 heteroatoms. The number of hydrogen-bond donors (Lipinski definition) is 3. The summed E-state index contributed by atoms with van der Waals surface area (Å²) < 4.78 is 68.4. The minimum atomic E-state index is -4.96. The molecule has 0 amide bonds. The molecule has 0 rings (SSSR count). The van der Waals surface area contributed by atoms with Gasteiger partial charge in [-0.15, -0.1) is 0 Å². The first-order valence-electron chi connectivity index (χ1n) is 38.3. The first-order valence-corrected chi connectivity index (χ1v) is 41.3. The van der Waals surface area contributed by atoms with Gasteiger partial charge in [0, 0.05) is 25.7 Å². The smallest absolute Gasteiger partial charge is 0.462 e. The van der Waals surface area contributed by atoms with E-state index in [9.17, 15) is 43.2 Å². The first-order chi connectivity index (χ1) is 44.7. The molecule has 0 aromatic rings. The van der Waals surface area contributed by atoms with Gasteiger partial charge in [0.2, 0.25) is 0 Å². The molecule has 5 atom stereocenters.